The van der Waals surface area contributed by atoms with Gasteiger partial charge in [0, 0.05) is 5.02 Å². The summed E-state index contributed by atoms with van der Waals surface area (Å²) in [6.45, 7) is 1.63. The lowest BCUT2D eigenvalue weighted by atomic mass is 10.3. The quantitative estimate of drug-likeness (QED) is 0.571. The average molecular weight is 408 g/mol. The highest BCUT2D eigenvalue weighted by atomic mass is 35.5. The molecule has 0 spiro atoms. The zero-order valence-electron chi connectivity index (χ0n) is 13.9. The Labute approximate surface area is 158 Å². The molecule has 3 aromatic rings. The summed E-state index contributed by atoms with van der Waals surface area (Å²) in [7, 11) is -3.83. The normalized spacial score (nSPS) is 12.0. The molecule has 140 valence electrons. The lowest BCUT2D eigenvalue weighted by Crippen LogP contribution is -2.15. The Morgan fingerprint density at radius 3 is 2.44 bits per heavy atom. The number of nitrogens with two attached hydrogens (primary N) is 1. The van der Waals surface area contributed by atoms with Crippen LogP contribution >= 0.6 is 11.6 Å². The number of sulfonamides is 1. The molecule has 0 bridgehead atoms. The highest BCUT2D eigenvalue weighted by Gasteiger charge is 2.14. The smallest absolute Gasteiger partial charge is 0.299 e. The van der Waals surface area contributed by atoms with E-state index in [1.54, 1.807) is 6.92 Å². The maximum Gasteiger partial charge on any atom is 0.299 e. The van der Waals surface area contributed by atoms with Crippen LogP contribution in [0.1, 0.15) is 5.69 Å². The van der Waals surface area contributed by atoms with E-state index in [4.69, 9.17) is 16.7 Å². The van der Waals surface area contributed by atoms with Gasteiger partial charge in [-0.1, -0.05) is 11.6 Å². The Hall–Kier alpha value is -2.95. The first-order valence-electron chi connectivity index (χ1n) is 7.52. The van der Waals surface area contributed by atoms with Gasteiger partial charge >= 0.3 is 0 Å². The number of halogens is 1. The van der Waals surface area contributed by atoms with Crippen molar-refractivity contribution in [3.05, 3.63) is 63.5 Å². The minimum atomic E-state index is -3.83. The molecule has 0 unspecified atom stereocenters. The Kier molecular flexibility index (Phi) is 4.87. The molecule has 9 nitrogen and oxygen atoms in total. The molecular formula is C16H14ClN5O4S. The number of hydrogen-bond donors (Lipinski definition) is 3. The molecule has 11 heteroatoms. The second-order valence-corrected chi connectivity index (χ2v) is 7.60. The lowest BCUT2D eigenvalue weighted by molar-refractivity contribution is 0.476. The van der Waals surface area contributed by atoms with E-state index in [-0.39, 0.29) is 22.0 Å². The molecule has 0 fully saturated rings. The highest BCUT2D eigenvalue weighted by molar-refractivity contribution is 7.89. The average Bonchev–Trinajstić information content (AvgIpc) is 2.89. The summed E-state index contributed by atoms with van der Waals surface area (Å²) in [6.07, 6.45) is 0. The molecule has 0 amide bonds. The maximum absolute atomic E-state index is 12.6. The fourth-order valence-electron chi connectivity index (χ4n) is 2.30. The molecule has 0 aliphatic heterocycles. The summed E-state index contributed by atoms with van der Waals surface area (Å²) in [4.78, 5) is 12.5. The first-order valence-corrected chi connectivity index (χ1v) is 9.44. The zero-order chi connectivity index (χ0) is 19.8. The number of aromatic amines is 1. The van der Waals surface area contributed by atoms with Crippen molar-refractivity contribution in [3.63, 3.8) is 0 Å². The Morgan fingerprint density at radius 2 is 1.81 bits per heavy atom. The first-order chi connectivity index (χ1) is 12.7. The maximum atomic E-state index is 12.6. The third kappa shape index (κ3) is 3.92. The van der Waals surface area contributed by atoms with Gasteiger partial charge in [-0.3, -0.25) is 9.89 Å². The molecule has 0 saturated heterocycles. The van der Waals surface area contributed by atoms with Crippen LogP contribution in [-0.4, -0.2) is 23.3 Å². The van der Waals surface area contributed by atoms with Gasteiger partial charge in [0.1, 0.15) is 11.4 Å². The van der Waals surface area contributed by atoms with Crippen molar-refractivity contribution in [2.75, 3.05) is 0 Å². The number of H-pyrrole nitrogens is 1. The van der Waals surface area contributed by atoms with Crippen LogP contribution in [0.3, 0.4) is 0 Å². The number of aromatic nitrogens is 2. The van der Waals surface area contributed by atoms with E-state index in [2.05, 4.69) is 15.3 Å². The van der Waals surface area contributed by atoms with E-state index in [1.165, 1.54) is 47.1 Å². The molecule has 27 heavy (non-hydrogen) atoms. The highest BCUT2D eigenvalue weighted by Crippen LogP contribution is 2.30. The van der Waals surface area contributed by atoms with Crippen molar-refractivity contribution >= 4 is 33.0 Å². The van der Waals surface area contributed by atoms with Gasteiger partial charge in [-0.15, -0.1) is 10.2 Å². The fourth-order valence-corrected chi connectivity index (χ4v) is 2.98. The van der Waals surface area contributed by atoms with Crippen LogP contribution in [0.2, 0.25) is 5.02 Å². The predicted octanol–water partition coefficient (Wildman–Crippen LogP) is 2.90. The number of aryl methyl sites for hydroxylation is 1. The fraction of sp³-hybridized carbons (Fsp3) is 0.0625. The minimum Gasteiger partial charge on any atom is -0.506 e. The van der Waals surface area contributed by atoms with Crippen LogP contribution in [0.25, 0.3) is 5.69 Å². The number of nitrogens with one attached hydrogen (secondary N) is 1. The van der Waals surface area contributed by atoms with Gasteiger partial charge in [0.05, 0.1) is 16.3 Å². The second-order valence-electron chi connectivity index (χ2n) is 5.60. The van der Waals surface area contributed by atoms with Gasteiger partial charge in [0.2, 0.25) is 10.0 Å². The van der Waals surface area contributed by atoms with Crippen LogP contribution in [-0.2, 0) is 10.0 Å². The van der Waals surface area contributed by atoms with Crippen molar-refractivity contribution in [2.24, 2.45) is 15.4 Å². The number of primary sulfonamides is 1. The van der Waals surface area contributed by atoms with Crippen LogP contribution in [0.4, 0.5) is 11.4 Å². The predicted molar refractivity (Wildman–Crippen MR) is 99.8 cm³/mol. The Morgan fingerprint density at radius 1 is 1.15 bits per heavy atom. The molecule has 0 aliphatic rings. The molecule has 1 aromatic heterocycles. The van der Waals surface area contributed by atoms with Crippen molar-refractivity contribution < 1.29 is 13.5 Å². The third-order valence-electron chi connectivity index (χ3n) is 3.66. The SMILES string of the molecule is Cc1[nH]n(-c2ccc(S(N)(=O)=O)cc2)c(=O)c1N=Nc1cc(Cl)ccc1O. The van der Waals surface area contributed by atoms with E-state index in [9.17, 15) is 18.3 Å². The van der Waals surface area contributed by atoms with Crippen molar-refractivity contribution in [1.29, 1.82) is 0 Å². The number of nitrogens with zero attached hydrogens (tertiary/aromatic N) is 3. The van der Waals surface area contributed by atoms with Gasteiger partial charge in [-0.05, 0) is 49.4 Å². The molecule has 0 saturated carbocycles. The number of aromatic hydroxyl groups is 1. The number of phenols is 1. The Balaban J connectivity index is 1.99. The molecule has 4 N–H and O–H groups in total. The van der Waals surface area contributed by atoms with E-state index in [1.807, 2.05) is 0 Å². The van der Waals surface area contributed by atoms with Gasteiger partial charge in [0.25, 0.3) is 5.56 Å². The number of hydrogen-bond acceptors (Lipinski definition) is 6. The summed E-state index contributed by atoms with van der Waals surface area (Å²) >= 11 is 5.85. The number of rotatable bonds is 4. The van der Waals surface area contributed by atoms with Gasteiger partial charge < -0.3 is 5.11 Å². The standard InChI is InChI=1S/C16H14ClN5O4S/c1-9-15(20-19-13-8-10(17)2-7-14(13)23)16(24)22(21-9)11-3-5-12(6-4-11)27(18,25)26/h2-8,21,23H,1H3,(H2,18,25,26). The molecule has 0 aliphatic carbocycles. The summed E-state index contributed by atoms with van der Waals surface area (Å²) in [5, 5.41) is 25.8. The summed E-state index contributed by atoms with van der Waals surface area (Å²) in [5.41, 5.74) is 0.473. The molecule has 0 atom stereocenters. The topological polar surface area (TPSA) is 143 Å². The van der Waals surface area contributed by atoms with E-state index < -0.39 is 15.6 Å². The molecule has 0 radical (unpaired) electrons. The van der Waals surface area contributed by atoms with Crippen molar-refractivity contribution in [1.82, 2.24) is 9.78 Å². The van der Waals surface area contributed by atoms with E-state index in [0.717, 1.165) is 0 Å². The van der Waals surface area contributed by atoms with Crippen LogP contribution in [0.15, 0.2) is 62.4 Å². The molecule has 2 aromatic carbocycles. The van der Waals surface area contributed by atoms with Gasteiger partial charge in [0.15, 0.2) is 5.69 Å². The van der Waals surface area contributed by atoms with Crippen LogP contribution in [0.5, 0.6) is 5.75 Å². The monoisotopic (exact) mass is 407 g/mol. The number of benzene rings is 2. The van der Waals surface area contributed by atoms with Gasteiger partial charge in [-0.2, -0.15) is 0 Å². The molecule has 1 heterocycles. The third-order valence-corrected chi connectivity index (χ3v) is 4.82. The number of phenolic OH excluding ortho intramolecular Hbond substituents is 1. The van der Waals surface area contributed by atoms with E-state index in [0.29, 0.717) is 16.4 Å². The molecular weight excluding hydrogens is 394 g/mol. The largest absolute Gasteiger partial charge is 0.506 e. The summed E-state index contributed by atoms with van der Waals surface area (Å²) in [5.74, 6) is -0.129. The second kappa shape index (κ2) is 6.99. The van der Waals surface area contributed by atoms with Crippen molar-refractivity contribution in [3.8, 4) is 11.4 Å². The van der Waals surface area contributed by atoms with Crippen molar-refractivity contribution in [2.45, 2.75) is 11.8 Å². The van der Waals surface area contributed by atoms with E-state index >= 15 is 0 Å². The Bertz CT molecular complexity index is 1200. The summed E-state index contributed by atoms with van der Waals surface area (Å²) in [6, 6.07) is 9.72. The minimum absolute atomic E-state index is 0.0323. The van der Waals surface area contributed by atoms with Crippen LogP contribution < -0.4 is 10.7 Å². The van der Waals surface area contributed by atoms with Crippen LogP contribution in [0, 0.1) is 6.92 Å². The lowest BCUT2D eigenvalue weighted by Gasteiger charge is -2.02. The summed E-state index contributed by atoms with van der Waals surface area (Å²) < 4.78 is 23.8. The van der Waals surface area contributed by atoms with Gasteiger partial charge in [-0.25, -0.2) is 18.2 Å². The molecule has 3 rings (SSSR count). The first kappa shape index (κ1) is 18.8. The zero-order valence-corrected chi connectivity index (χ0v) is 15.5. The number of azo groups is 1.